The molecule has 2 aliphatic rings. The molecule has 0 aromatic heterocycles. The van der Waals surface area contributed by atoms with Crippen LogP contribution in [0, 0.1) is 0 Å². The third-order valence-corrected chi connectivity index (χ3v) is 4.31. The quantitative estimate of drug-likeness (QED) is 0.779. The molecule has 1 aromatic carbocycles. The van der Waals surface area contributed by atoms with Crippen LogP contribution in [0.15, 0.2) is 24.4 Å². The highest BCUT2D eigenvalue weighted by Gasteiger charge is 2.52. The number of fused-ring (bicyclic) bond motifs is 2. The number of nitrogens with two attached hydrogens (primary N) is 1. The molecule has 18 heavy (non-hydrogen) atoms. The Morgan fingerprint density at radius 2 is 2.17 bits per heavy atom. The molecule has 1 heterocycles. The lowest BCUT2D eigenvalue weighted by Gasteiger charge is -2.46. The molecule has 1 spiro atoms. The SMILES string of the molecule is CN1C=Cc2c(Cl)cccc2C2(CC(N)C2)C1=O. The second-order valence-corrected chi connectivity index (χ2v) is 5.59. The van der Waals surface area contributed by atoms with Gasteiger partial charge in [0.2, 0.25) is 5.91 Å². The normalized spacial score (nSPS) is 30.1. The van der Waals surface area contributed by atoms with E-state index in [2.05, 4.69) is 0 Å². The van der Waals surface area contributed by atoms with E-state index in [1.165, 1.54) is 0 Å². The highest BCUT2D eigenvalue weighted by atomic mass is 35.5. The highest BCUT2D eigenvalue weighted by Crippen LogP contribution is 2.48. The van der Waals surface area contributed by atoms with Crippen LogP contribution < -0.4 is 5.73 Å². The minimum atomic E-state index is -0.474. The maximum Gasteiger partial charge on any atom is 0.237 e. The third-order valence-electron chi connectivity index (χ3n) is 3.98. The van der Waals surface area contributed by atoms with Crippen molar-refractivity contribution in [2.24, 2.45) is 5.73 Å². The number of hydrogen-bond acceptors (Lipinski definition) is 2. The van der Waals surface area contributed by atoms with Gasteiger partial charge in [-0.25, -0.2) is 0 Å². The van der Waals surface area contributed by atoms with Crippen molar-refractivity contribution in [3.05, 3.63) is 40.5 Å². The minimum Gasteiger partial charge on any atom is -0.328 e. The van der Waals surface area contributed by atoms with E-state index in [4.69, 9.17) is 17.3 Å². The Labute approximate surface area is 111 Å². The monoisotopic (exact) mass is 262 g/mol. The van der Waals surface area contributed by atoms with Gasteiger partial charge in [0, 0.05) is 24.3 Å². The van der Waals surface area contributed by atoms with Crippen molar-refractivity contribution < 1.29 is 4.79 Å². The largest absolute Gasteiger partial charge is 0.328 e. The number of amides is 1. The zero-order valence-electron chi connectivity index (χ0n) is 10.2. The van der Waals surface area contributed by atoms with Crippen molar-refractivity contribution in [1.29, 1.82) is 0 Å². The first-order chi connectivity index (χ1) is 8.54. The van der Waals surface area contributed by atoms with Crippen molar-refractivity contribution in [3.8, 4) is 0 Å². The van der Waals surface area contributed by atoms with Crippen LogP contribution in [0.2, 0.25) is 5.02 Å². The fraction of sp³-hybridized carbons (Fsp3) is 0.357. The number of carbonyl (C=O) groups is 1. The lowest BCUT2D eigenvalue weighted by atomic mass is 9.60. The van der Waals surface area contributed by atoms with Gasteiger partial charge in [0.25, 0.3) is 0 Å². The number of rotatable bonds is 0. The summed E-state index contributed by atoms with van der Waals surface area (Å²) < 4.78 is 0. The Balaban J connectivity index is 2.21. The zero-order valence-corrected chi connectivity index (χ0v) is 10.9. The molecular formula is C14H15ClN2O. The van der Waals surface area contributed by atoms with Gasteiger partial charge in [-0.1, -0.05) is 23.7 Å². The van der Waals surface area contributed by atoms with Crippen LogP contribution in [-0.2, 0) is 10.2 Å². The maximum atomic E-state index is 12.5. The number of likely N-dealkylation sites (N-methyl/N-ethyl adjacent to an activating group) is 1. The molecule has 1 aliphatic heterocycles. The number of nitrogens with zero attached hydrogens (tertiary/aromatic N) is 1. The average Bonchev–Trinajstić information content (AvgIpc) is 2.41. The Hall–Kier alpha value is -1.32. The molecule has 4 heteroatoms. The summed E-state index contributed by atoms with van der Waals surface area (Å²) in [6, 6.07) is 5.85. The summed E-state index contributed by atoms with van der Waals surface area (Å²) in [5, 5.41) is 0.687. The van der Waals surface area contributed by atoms with Gasteiger partial charge in [-0.05, 0) is 36.1 Å². The predicted molar refractivity (Wildman–Crippen MR) is 72.1 cm³/mol. The Morgan fingerprint density at radius 1 is 1.44 bits per heavy atom. The first kappa shape index (κ1) is 11.8. The van der Waals surface area contributed by atoms with Crippen LogP contribution in [0.3, 0.4) is 0 Å². The summed E-state index contributed by atoms with van der Waals surface area (Å²) in [5.41, 5.74) is 7.40. The Morgan fingerprint density at radius 3 is 2.83 bits per heavy atom. The zero-order chi connectivity index (χ0) is 12.9. The molecule has 0 bridgehead atoms. The highest BCUT2D eigenvalue weighted by molar-refractivity contribution is 6.32. The fourth-order valence-electron chi connectivity index (χ4n) is 3.06. The minimum absolute atomic E-state index is 0.104. The van der Waals surface area contributed by atoms with Crippen molar-refractivity contribution >= 4 is 23.6 Å². The van der Waals surface area contributed by atoms with Crippen molar-refractivity contribution in [2.45, 2.75) is 24.3 Å². The van der Waals surface area contributed by atoms with Crippen LogP contribution in [-0.4, -0.2) is 23.9 Å². The van der Waals surface area contributed by atoms with E-state index in [-0.39, 0.29) is 11.9 Å². The number of carbonyl (C=O) groups excluding carboxylic acids is 1. The van der Waals surface area contributed by atoms with E-state index >= 15 is 0 Å². The summed E-state index contributed by atoms with van der Waals surface area (Å²) in [4.78, 5) is 14.2. The van der Waals surface area contributed by atoms with Crippen molar-refractivity contribution in [1.82, 2.24) is 4.90 Å². The molecule has 1 saturated carbocycles. The topological polar surface area (TPSA) is 46.3 Å². The molecule has 0 radical (unpaired) electrons. The molecule has 2 N–H and O–H groups in total. The van der Waals surface area contributed by atoms with E-state index in [0.29, 0.717) is 17.9 Å². The van der Waals surface area contributed by atoms with Crippen molar-refractivity contribution in [3.63, 3.8) is 0 Å². The maximum absolute atomic E-state index is 12.5. The molecule has 94 valence electrons. The van der Waals surface area contributed by atoms with E-state index in [9.17, 15) is 4.79 Å². The Bertz CT molecular complexity index is 547. The van der Waals surface area contributed by atoms with Crippen LogP contribution in [0.4, 0.5) is 0 Å². The number of hydrogen-bond donors (Lipinski definition) is 1. The van der Waals surface area contributed by atoms with E-state index < -0.39 is 5.41 Å². The van der Waals surface area contributed by atoms with E-state index in [1.54, 1.807) is 18.1 Å². The molecule has 0 saturated heterocycles. The van der Waals surface area contributed by atoms with Crippen LogP contribution in [0.5, 0.6) is 0 Å². The molecular weight excluding hydrogens is 248 g/mol. The van der Waals surface area contributed by atoms with E-state index in [1.807, 2.05) is 24.3 Å². The molecule has 3 nitrogen and oxygen atoms in total. The molecule has 1 aromatic rings. The molecule has 1 aliphatic carbocycles. The standard InChI is InChI=1S/C14H15ClN2O/c1-17-6-5-10-11(3-2-4-12(10)15)14(13(17)18)7-9(16)8-14/h2-6,9H,7-8,16H2,1H3. The second-order valence-electron chi connectivity index (χ2n) is 5.18. The molecule has 1 fully saturated rings. The summed E-state index contributed by atoms with van der Waals surface area (Å²) in [5.74, 6) is 0.112. The van der Waals surface area contributed by atoms with Gasteiger partial charge in [0.05, 0.1) is 5.41 Å². The molecule has 0 unspecified atom stereocenters. The van der Waals surface area contributed by atoms with Crippen molar-refractivity contribution in [2.75, 3.05) is 7.05 Å². The summed E-state index contributed by atoms with van der Waals surface area (Å²) in [6.07, 6.45) is 5.09. The van der Waals surface area contributed by atoms with Gasteiger partial charge in [-0.3, -0.25) is 4.79 Å². The fourth-order valence-corrected chi connectivity index (χ4v) is 3.30. The predicted octanol–water partition coefficient (Wildman–Crippen LogP) is 2.14. The lowest BCUT2D eigenvalue weighted by molar-refractivity contribution is -0.137. The average molecular weight is 263 g/mol. The first-order valence-corrected chi connectivity index (χ1v) is 6.42. The van der Waals surface area contributed by atoms with Gasteiger partial charge in [-0.15, -0.1) is 0 Å². The molecule has 1 amide bonds. The number of halogens is 1. The van der Waals surface area contributed by atoms with Gasteiger partial charge >= 0.3 is 0 Å². The van der Waals surface area contributed by atoms with Crippen LogP contribution in [0.25, 0.3) is 6.08 Å². The van der Waals surface area contributed by atoms with Gasteiger partial charge in [-0.2, -0.15) is 0 Å². The Kier molecular flexibility index (Phi) is 2.50. The van der Waals surface area contributed by atoms with Crippen LogP contribution in [0.1, 0.15) is 24.0 Å². The summed E-state index contributed by atoms with van der Waals surface area (Å²) in [7, 11) is 1.78. The van der Waals surface area contributed by atoms with Crippen LogP contribution >= 0.6 is 11.6 Å². The van der Waals surface area contributed by atoms with Gasteiger partial charge in [0.1, 0.15) is 0 Å². The number of benzene rings is 1. The van der Waals surface area contributed by atoms with Gasteiger partial charge in [0.15, 0.2) is 0 Å². The third kappa shape index (κ3) is 1.44. The molecule has 3 rings (SSSR count). The summed E-state index contributed by atoms with van der Waals surface area (Å²) >= 11 is 6.24. The summed E-state index contributed by atoms with van der Waals surface area (Å²) in [6.45, 7) is 0. The lowest BCUT2D eigenvalue weighted by Crippen LogP contribution is -2.57. The smallest absolute Gasteiger partial charge is 0.237 e. The second kappa shape index (κ2) is 3.84. The first-order valence-electron chi connectivity index (χ1n) is 6.05. The van der Waals surface area contributed by atoms with Gasteiger partial charge < -0.3 is 10.6 Å². The molecule has 0 atom stereocenters. The van der Waals surface area contributed by atoms with E-state index in [0.717, 1.165) is 11.1 Å².